The fourth-order valence-corrected chi connectivity index (χ4v) is 6.64. The van der Waals surface area contributed by atoms with E-state index in [0.29, 0.717) is 18.5 Å². The number of carbonyl (C=O) groups is 4. The first kappa shape index (κ1) is 33.4. The van der Waals surface area contributed by atoms with Crippen molar-refractivity contribution in [2.24, 2.45) is 5.41 Å². The van der Waals surface area contributed by atoms with Crippen LogP contribution >= 0.6 is 0 Å². The number of hydrogen-bond acceptors (Lipinski definition) is 7. The van der Waals surface area contributed by atoms with E-state index in [1.807, 2.05) is 36.1 Å². The summed E-state index contributed by atoms with van der Waals surface area (Å²) in [6.07, 6.45) is 10.4. The highest BCUT2D eigenvalue weighted by molar-refractivity contribution is 6.04. The average Bonchev–Trinajstić information content (AvgIpc) is 3.53. The van der Waals surface area contributed by atoms with Crippen LogP contribution in [-0.2, 0) is 19.1 Å². The number of aldehydes is 1. The molecule has 2 aromatic rings. The van der Waals surface area contributed by atoms with Crippen molar-refractivity contribution in [1.29, 1.82) is 0 Å². The minimum absolute atomic E-state index is 0.0570. The molecule has 44 heavy (non-hydrogen) atoms. The van der Waals surface area contributed by atoms with Crippen molar-refractivity contribution in [3.8, 4) is 0 Å². The predicted molar refractivity (Wildman–Crippen MR) is 169 cm³/mol. The molecule has 9 nitrogen and oxygen atoms in total. The Morgan fingerprint density at radius 3 is 2.32 bits per heavy atom. The molecule has 1 saturated heterocycles. The highest BCUT2D eigenvalue weighted by Gasteiger charge is 2.37. The van der Waals surface area contributed by atoms with Gasteiger partial charge in [0.1, 0.15) is 18.4 Å². The molecule has 1 aromatic carbocycles. The van der Waals surface area contributed by atoms with Crippen LogP contribution in [0.15, 0.2) is 47.1 Å². The zero-order valence-electron chi connectivity index (χ0n) is 26.9. The monoisotopic (exact) mass is 607 g/mol. The second-order valence-electron chi connectivity index (χ2n) is 13.6. The number of nitrogens with zero attached hydrogens (tertiary/aromatic N) is 3. The Bertz CT molecular complexity index is 1240. The number of benzene rings is 1. The smallest absolute Gasteiger partial charge is 0.326 e. The largest absolute Gasteiger partial charge is 0.459 e. The van der Waals surface area contributed by atoms with Gasteiger partial charge in [0.05, 0.1) is 12.8 Å². The molecule has 2 aliphatic rings. The maximum Gasteiger partial charge on any atom is 0.326 e. The van der Waals surface area contributed by atoms with Gasteiger partial charge in [0.15, 0.2) is 5.76 Å². The maximum atomic E-state index is 13.5. The van der Waals surface area contributed by atoms with E-state index < -0.39 is 11.6 Å². The van der Waals surface area contributed by atoms with Crippen molar-refractivity contribution in [2.45, 2.75) is 97.1 Å². The molecule has 0 atom stereocenters. The van der Waals surface area contributed by atoms with Crippen LogP contribution < -0.4 is 4.90 Å². The van der Waals surface area contributed by atoms with Crippen LogP contribution in [0.2, 0.25) is 0 Å². The van der Waals surface area contributed by atoms with E-state index in [1.165, 1.54) is 11.2 Å². The molecule has 9 heteroatoms. The summed E-state index contributed by atoms with van der Waals surface area (Å²) in [5, 5.41) is 0. The molecule has 0 spiro atoms. The number of rotatable bonds is 12. The van der Waals surface area contributed by atoms with Crippen LogP contribution in [0.1, 0.15) is 94.7 Å². The van der Waals surface area contributed by atoms with Gasteiger partial charge in [-0.1, -0.05) is 37.0 Å². The summed E-state index contributed by atoms with van der Waals surface area (Å²) in [5.41, 5.74) is 1.21. The molecule has 1 aliphatic heterocycles. The first-order chi connectivity index (χ1) is 21.0. The molecule has 2 fully saturated rings. The number of anilines is 1. The summed E-state index contributed by atoms with van der Waals surface area (Å²) in [5.74, 6) is -0.442. The number of esters is 1. The first-order valence-electron chi connectivity index (χ1n) is 16.1. The van der Waals surface area contributed by atoms with Crippen molar-refractivity contribution in [3.05, 3.63) is 54.0 Å². The fourth-order valence-electron chi connectivity index (χ4n) is 6.64. The van der Waals surface area contributed by atoms with Crippen LogP contribution in [0.3, 0.4) is 0 Å². The lowest BCUT2D eigenvalue weighted by atomic mass is 9.69. The van der Waals surface area contributed by atoms with Gasteiger partial charge >= 0.3 is 5.97 Å². The van der Waals surface area contributed by atoms with Gasteiger partial charge in [-0.05, 0) is 96.0 Å². The lowest BCUT2D eigenvalue weighted by molar-refractivity contribution is -0.159. The van der Waals surface area contributed by atoms with E-state index in [-0.39, 0.29) is 36.4 Å². The Hall–Kier alpha value is -3.46. The molecular formula is C35H49N3O6. The van der Waals surface area contributed by atoms with E-state index >= 15 is 0 Å². The fraction of sp³-hybridized carbons (Fsp3) is 0.600. The molecule has 0 bridgehead atoms. The molecular weight excluding hydrogens is 558 g/mol. The van der Waals surface area contributed by atoms with Crippen molar-refractivity contribution < 1.29 is 28.3 Å². The molecule has 0 unspecified atom stereocenters. The average molecular weight is 608 g/mol. The summed E-state index contributed by atoms with van der Waals surface area (Å²) in [6, 6.07) is 11.6. The summed E-state index contributed by atoms with van der Waals surface area (Å²) in [7, 11) is 0. The van der Waals surface area contributed by atoms with E-state index in [2.05, 4.69) is 4.90 Å². The lowest BCUT2D eigenvalue weighted by Crippen LogP contribution is -2.48. The molecule has 0 radical (unpaired) electrons. The van der Waals surface area contributed by atoms with E-state index in [4.69, 9.17) is 9.15 Å². The zero-order valence-corrected chi connectivity index (χ0v) is 26.9. The lowest BCUT2D eigenvalue weighted by Gasteiger charge is -2.42. The number of carbonyl (C=O) groups excluding carboxylic acids is 4. The number of piperidine rings is 1. The minimum Gasteiger partial charge on any atom is -0.459 e. The van der Waals surface area contributed by atoms with Gasteiger partial charge in [-0.3, -0.25) is 14.4 Å². The topological polar surface area (TPSA) is 100 Å². The SMILES string of the molecule is Cc1ccc(N(C(=O)c2ccco2)C2CCN(CCC3(CC(=O)N(CC=O)CC(=O)OC(C)(C)C)CCCCC3)CC2)cc1. The van der Waals surface area contributed by atoms with Gasteiger partial charge in [-0.25, -0.2) is 0 Å². The molecule has 4 rings (SSSR count). The Kier molecular flexibility index (Phi) is 11.4. The van der Waals surface area contributed by atoms with Gasteiger partial charge in [0, 0.05) is 31.2 Å². The summed E-state index contributed by atoms with van der Waals surface area (Å²) in [6.45, 7) is 9.65. The Morgan fingerprint density at radius 2 is 1.73 bits per heavy atom. The predicted octanol–water partition coefficient (Wildman–Crippen LogP) is 5.80. The van der Waals surface area contributed by atoms with E-state index in [9.17, 15) is 19.2 Å². The summed E-state index contributed by atoms with van der Waals surface area (Å²) < 4.78 is 10.9. The maximum absolute atomic E-state index is 13.5. The van der Waals surface area contributed by atoms with Crippen LogP contribution in [0.5, 0.6) is 0 Å². The normalized spacial score (nSPS) is 17.5. The van der Waals surface area contributed by atoms with E-state index in [1.54, 1.807) is 32.9 Å². The number of amides is 2. The van der Waals surface area contributed by atoms with Gasteiger partial charge in [-0.15, -0.1) is 0 Å². The first-order valence-corrected chi connectivity index (χ1v) is 16.1. The Labute approximate surface area is 261 Å². The third kappa shape index (κ3) is 9.27. The van der Waals surface area contributed by atoms with Crippen molar-refractivity contribution in [1.82, 2.24) is 9.80 Å². The Morgan fingerprint density at radius 1 is 1.05 bits per heavy atom. The van der Waals surface area contributed by atoms with Crippen LogP contribution in [0.4, 0.5) is 5.69 Å². The molecule has 1 saturated carbocycles. The van der Waals surface area contributed by atoms with Crippen LogP contribution in [0, 0.1) is 12.3 Å². The molecule has 0 N–H and O–H groups in total. The second-order valence-corrected chi connectivity index (χ2v) is 13.6. The van der Waals surface area contributed by atoms with Gasteiger partial charge in [0.2, 0.25) is 5.91 Å². The number of likely N-dealkylation sites (tertiary alicyclic amines) is 1. The zero-order chi connectivity index (χ0) is 31.7. The van der Waals surface area contributed by atoms with Crippen LogP contribution in [-0.4, -0.2) is 78.2 Å². The standard InChI is InChI=1S/C35H49N3O6/c1-27-10-12-28(13-11-27)38(33(42)30-9-8-24-43-30)29-14-19-36(20-15-29)21-18-35(16-6-5-7-17-35)25-31(40)37(22-23-39)26-32(41)44-34(2,3)4/h8-13,23-24,29H,5-7,14-22,25-26H2,1-4H3. The van der Waals surface area contributed by atoms with Gasteiger partial charge < -0.3 is 28.6 Å². The molecule has 1 aromatic heterocycles. The second kappa shape index (κ2) is 15.0. The van der Waals surface area contributed by atoms with Gasteiger partial charge in [0.25, 0.3) is 5.91 Å². The van der Waals surface area contributed by atoms with Crippen molar-refractivity contribution in [2.75, 3.05) is 37.6 Å². The minimum atomic E-state index is -0.658. The van der Waals surface area contributed by atoms with Crippen molar-refractivity contribution in [3.63, 3.8) is 0 Å². The summed E-state index contributed by atoms with van der Waals surface area (Å²) in [4.78, 5) is 56.6. The molecule has 2 amide bonds. The number of ether oxygens (including phenoxy) is 1. The Balaban J connectivity index is 1.38. The molecule has 240 valence electrons. The number of aryl methyl sites for hydroxylation is 1. The van der Waals surface area contributed by atoms with Crippen LogP contribution in [0.25, 0.3) is 0 Å². The van der Waals surface area contributed by atoms with E-state index in [0.717, 1.165) is 82.3 Å². The quantitative estimate of drug-likeness (QED) is 0.222. The molecule has 1 aliphatic carbocycles. The highest BCUT2D eigenvalue weighted by Crippen LogP contribution is 2.43. The number of furan rings is 1. The third-order valence-electron chi connectivity index (χ3n) is 8.97. The highest BCUT2D eigenvalue weighted by atomic mass is 16.6. The molecule has 2 heterocycles. The summed E-state index contributed by atoms with van der Waals surface area (Å²) >= 11 is 0. The number of hydrogen-bond donors (Lipinski definition) is 0. The van der Waals surface area contributed by atoms with Gasteiger partial charge in [-0.2, -0.15) is 0 Å². The van der Waals surface area contributed by atoms with Crippen molar-refractivity contribution >= 4 is 29.8 Å². The third-order valence-corrected chi connectivity index (χ3v) is 8.97.